The largest absolute Gasteiger partial charge is 0.483 e. The van der Waals surface area contributed by atoms with E-state index in [0.29, 0.717) is 6.04 Å². The van der Waals surface area contributed by atoms with Crippen molar-refractivity contribution in [2.45, 2.75) is 26.3 Å². The topological polar surface area (TPSA) is 40.5 Å². The number of allylic oxidation sites excluding steroid dienone is 1. The second-order valence-electron chi connectivity index (χ2n) is 2.76. The number of carboxylic acid groups (broad SMARTS) is 1. The van der Waals surface area contributed by atoms with Crippen LogP contribution in [0.4, 0.5) is 0 Å². The monoisotopic (exact) mass is 171 g/mol. The van der Waals surface area contributed by atoms with E-state index in [1.165, 1.54) is 19.5 Å². The van der Waals surface area contributed by atoms with Crippen molar-refractivity contribution in [1.29, 1.82) is 0 Å². The lowest BCUT2D eigenvalue weighted by atomic mass is 10.1. The van der Waals surface area contributed by atoms with Gasteiger partial charge in [0.1, 0.15) is 0 Å². The average molecular weight is 171 g/mol. The molecule has 3 heteroatoms. The number of nitrogens with zero attached hydrogens (tertiary/aromatic N) is 1. The normalized spacial score (nSPS) is 19.2. The zero-order chi connectivity index (χ0) is 9.40. The molecule has 0 saturated carbocycles. The Balaban J connectivity index is 0.000000354. The van der Waals surface area contributed by atoms with E-state index in [0.717, 1.165) is 0 Å². The maximum Gasteiger partial charge on any atom is 0.290 e. The molecular weight excluding hydrogens is 154 g/mol. The van der Waals surface area contributed by atoms with Crippen molar-refractivity contribution in [3.8, 4) is 0 Å². The van der Waals surface area contributed by atoms with E-state index < -0.39 is 0 Å². The summed E-state index contributed by atoms with van der Waals surface area (Å²) in [5.41, 5.74) is 0. The van der Waals surface area contributed by atoms with Gasteiger partial charge in [0.25, 0.3) is 6.47 Å². The van der Waals surface area contributed by atoms with Crippen LogP contribution in [0.2, 0.25) is 0 Å². The molecule has 1 rings (SSSR count). The van der Waals surface area contributed by atoms with Crippen molar-refractivity contribution in [2.24, 2.45) is 0 Å². The molecule has 1 N–H and O–H groups in total. The summed E-state index contributed by atoms with van der Waals surface area (Å²) in [7, 11) is 0. The zero-order valence-corrected chi connectivity index (χ0v) is 7.73. The molecule has 0 aliphatic carbocycles. The van der Waals surface area contributed by atoms with Crippen LogP contribution in [0.5, 0.6) is 0 Å². The lowest BCUT2D eigenvalue weighted by molar-refractivity contribution is -0.122. The molecule has 0 aromatic carbocycles. The molecule has 70 valence electrons. The summed E-state index contributed by atoms with van der Waals surface area (Å²) in [6, 6.07) is 0.670. The van der Waals surface area contributed by atoms with Crippen LogP contribution in [-0.2, 0) is 4.79 Å². The number of carbonyl (C=O) groups is 1. The second kappa shape index (κ2) is 6.85. The van der Waals surface area contributed by atoms with Crippen LogP contribution in [0, 0.1) is 0 Å². The van der Waals surface area contributed by atoms with Gasteiger partial charge in [0, 0.05) is 6.04 Å². The van der Waals surface area contributed by atoms with E-state index in [1.807, 2.05) is 0 Å². The van der Waals surface area contributed by atoms with E-state index in [-0.39, 0.29) is 6.47 Å². The highest BCUT2D eigenvalue weighted by molar-refractivity contribution is 5.32. The van der Waals surface area contributed by atoms with Gasteiger partial charge in [0.2, 0.25) is 0 Å². The molecule has 1 unspecified atom stereocenters. The summed E-state index contributed by atoms with van der Waals surface area (Å²) >= 11 is 0. The average Bonchev–Trinajstić information content (AvgIpc) is 1.85. The Bertz CT molecular complexity index is 141. The molecule has 1 atom stereocenters. The van der Waals surface area contributed by atoms with Crippen LogP contribution in [0.15, 0.2) is 12.2 Å². The molecule has 0 bridgehead atoms. The fraction of sp³-hybridized carbons (Fsp3) is 0.667. The van der Waals surface area contributed by atoms with Gasteiger partial charge in [-0.15, -0.1) is 0 Å². The van der Waals surface area contributed by atoms with Gasteiger partial charge in [0.05, 0.1) is 0 Å². The Morgan fingerprint density at radius 1 is 1.50 bits per heavy atom. The van der Waals surface area contributed by atoms with Gasteiger partial charge in [-0.3, -0.25) is 9.69 Å². The van der Waals surface area contributed by atoms with Gasteiger partial charge in [-0.2, -0.15) is 0 Å². The summed E-state index contributed by atoms with van der Waals surface area (Å²) in [5.74, 6) is 0. The van der Waals surface area contributed by atoms with E-state index in [9.17, 15) is 0 Å². The predicted octanol–water partition coefficient (Wildman–Crippen LogP) is 1.36. The van der Waals surface area contributed by atoms with Crippen molar-refractivity contribution in [2.75, 3.05) is 13.1 Å². The highest BCUT2D eigenvalue weighted by atomic mass is 16.3. The third-order valence-electron chi connectivity index (χ3n) is 1.94. The van der Waals surface area contributed by atoms with E-state index in [1.54, 1.807) is 0 Å². The highest BCUT2D eigenvalue weighted by Crippen LogP contribution is 2.10. The molecule has 0 spiro atoms. The summed E-state index contributed by atoms with van der Waals surface area (Å²) in [6.45, 7) is 6.67. The molecule has 1 saturated heterocycles. The lowest BCUT2D eigenvalue weighted by Crippen LogP contribution is -2.42. The van der Waals surface area contributed by atoms with Gasteiger partial charge < -0.3 is 5.11 Å². The Labute approximate surface area is 73.7 Å². The molecule has 0 aromatic heterocycles. The second-order valence-corrected chi connectivity index (χ2v) is 2.76. The van der Waals surface area contributed by atoms with Gasteiger partial charge >= 0.3 is 0 Å². The minimum Gasteiger partial charge on any atom is -0.483 e. The number of likely N-dealkylation sites (tertiary alicyclic amines) is 1. The fourth-order valence-corrected chi connectivity index (χ4v) is 1.15. The van der Waals surface area contributed by atoms with Gasteiger partial charge in [0.15, 0.2) is 0 Å². The van der Waals surface area contributed by atoms with Crippen molar-refractivity contribution < 1.29 is 9.90 Å². The zero-order valence-electron chi connectivity index (χ0n) is 7.73. The first-order valence-electron chi connectivity index (χ1n) is 4.21. The first kappa shape index (κ1) is 11.2. The van der Waals surface area contributed by atoms with Crippen molar-refractivity contribution >= 4 is 6.47 Å². The molecule has 1 aliphatic rings. The molecule has 1 heterocycles. The van der Waals surface area contributed by atoms with E-state index >= 15 is 0 Å². The smallest absolute Gasteiger partial charge is 0.290 e. The Kier molecular flexibility index (Phi) is 6.38. The minimum atomic E-state index is -0.250. The summed E-state index contributed by atoms with van der Waals surface area (Å²) in [6.07, 6.45) is 5.77. The first-order chi connectivity index (χ1) is 5.76. The Morgan fingerprint density at radius 2 is 2.00 bits per heavy atom. The van der Waals surface area contributed by atoms with Crippen LogP contribution >= 0.6 is 0 Å². The first-order valence-corrected chi connectivity index (χ1v) is 4.21. The molecular formula is C9H17NO2. The molecule has 3 nitrogen and oxygen atoms in total. The van der Waals surface area contributed by atoms with Crippen LogP contribution in [0.25, 0.3) is 0 Å². The summed E-state index contributed by atoms with van der Waals surface area (Å²) in [5, 5.41) is 6.89. The predicted molar refractivity (Wildman–Crippen MR) is 49.2 cm³/mol. The minimum absolute atomic E-state index is 0.250. The van der Waals surface area contributed by atoms with Crippen LogP contribution in [0.3, 0.4) is 0 Å². The van der Waals surface area contributed by atoms with E-state index in [2.05, 4.69) is 30.9 Å². The maximum atomic E-state index is 8.36. The standard InChI is InChI=1S/C8H15N.CH2O2/c1-3-5-8(2)9-6-4-7-9;2-1-3/h3,5,8H,4,6-7H2,1-2H3;1H,(H,2,3)/b5-3+;. The SMILES string of the molecule is C/C=C/C(C)N1CCC1.O=CO. The highest BCUT2D eigenvalue weighted by Gasteiger charge is 2.16. The molecule has 0 aromatic rings. The summed E-state index contributed by atoms with van der Waals surface area (Å²) < 4.78 is 0. The Morgan fingerprint density at radius 3 is 2.25 bits per heavy atom. The van der Waals surface area contributed by atoms with Crippen LogP contribution in [-0.4, -0.2) is 35.6 Å². The molecule has 1 aliphatic heterocycles. The molecule has 0 amide bonds. The van der Waals surface area contributed by atoms with Crippen LogP contribution in [0.1, 0.15) is 20.3 Å². The van der Waals surface area contributed by atoms with Crippen molar-refractivity contribution in [3.63, 3.8) is 0 Å². The Hall–Kier alpha value is -0.830. The lowest BCUT2D eigenvalue weighted by Gasteiger charge is -2.34. The third kappa shape index (κ3) is 4.13. The maximum absolute atomic E-state index is 8.36. The quantitative estimate of drug-likeness (QED) is 0.503. The van der Waals surface area contributed by atoms with Crippen molar-refractivity contribution in [1.82, 2.24) is 4.90 Å². The number of hydrogen-bond acceptors (Lipinski definition) is 2. The van der Waals surface area contributed by atoms with E-state index in [4.69, 9.17) is 9.90 Å². The number of rotatable bonds is 2. The third-order valence-corrected chi connectivity index (χ3v) is 1.94. The van der Waals surface area contributed by atoms with Crippen LogP contribution < -0.4 is 0 Å². The van der Waals surface area contributed by atoms with Gasteiger partial charge in [-0.05, 0) is 33.4 Å². The number of hydrogen-bond donors (Lipinski definition) is 1. The molecule has 0 radical (unpaired) electrons. The van der Waals surface area contributed by atoms with Gasteiger partial charge in [-0.25, -0.2) is 0 Å². The molecule has 12 heavy (non-hydrogen) atoms. The van der Waals surface area contributed by atoms with Crippen molar-refractivity contribution in [3.05, 3.63) is 12.2 Å². The molecule has 1 fully saturated rings. The van der Waals surface area contributed by atoms with Gasteiger partial charge in [-0.1, -0.05) is 12.2 Å². The fourth-order valence-electron chi connectivity index (χ4n) is 1.15. The summed E-state index contributed by atoms with van der Waals surface area (Å²) in [4.78, 5) is 10.8.